The van der Waals surface area contributed by atoms with Gasteiger partial charge in [0.15, 0.2) is 0 Å². The van der Waals surface area contributed by atoms with Crippen molar-refractivity contribution in [3.05, 3.63) is 0 Å². The number of hydrogen-bond acceptors (Lipinski definition) is 4. The number of rotatable bonds is 11. The topological polar surface area (TPSA) is 113 Å². The fourth-order valence-electron chi connectivity index (χ4n) is 1.80. The molecule has 8 heteroatoms. The molecule has 0 atom stereocenters. The second-order valence-electron chi connectivity index (χ2n) is 4.60. The van der Waals surface area contributed by atoms with Gasteiger partial charge >= 0.3 is 5.97 Å². The Morgan fingerprint density at radius 1 is 1.15 bits per heavy atom. The van der Waals surface area contributed by atoms with Gasteiger partial charge in [0.2, 0.25) is 15.9 Å². The Morgan fingerprint density at radius 2 is 1.70 bits per heavy atom. The molecule has 0 aliphatic rings. The molecular weight excluding hydrogens is 284 g/mol. The largest absolute Gasteiger partial charge is 0.480 e. The third kappa shape index (κ3) is 8.87. The molecule has 20 heavy (non-hydrogen) atoms. The molecule has 0 saturated carbocycles. The summed E-state index contributed by atoms with van der Waals surface area (Å²) in [5, 5.41) is 11.0. The van der Waals surface area contributed by atoms with E-state index in [1.165, 1.54) is 0 Å². The van der Waals surface area contributed by atoms with E-state index < -0.39 is 22.5 Å². The number of carboxylic acids is 1. The third-order valence-electron chi connectivity index (χ3n) is 2.76. The van der Waals surface area contributed by atoms with Gasteiger partial charge in [-0.1, -0.05) is 26.7 Å². The van der Waals surface area contributed by atoms with Crippen molar-refractivity contribution in [2.75, 3.05) is 18.8 Å². The fourth-order valence-corrected chi connectivity index (χ4v) is 2.66. The van der Waals surface area contributed by atoms with Crippen LogP contribution in [0.25, 0.3) is 0 Å². The minimum atomic E-state index is -3.67. The van der Waals surface area contributed by atoms with Crippen molar-refractivity contribution in [2.45, 2.75) is 39.5 Å². The number of carbonyl (C=O) groups excluding carboxylic acids is 1. The van der Waals surface area contributed by atoms with E-state index in [0.29, 0.717) is 0 Å². The van der Waals surface area contributed by atoms with Crippen LogP contribution in [-0.2, 0) is 19.6 Å². The minimum absolute atomic E-state index is 0.0162. The first-order valence-electron chi connectivity index (χ1n) is 6.79. The normalized spacial score (nSPS) is 11.6. The molecular formula is C12H24N2O5S. The number of aliphatic carboxylic acids is 1. The first kappa shape index (κ1) is 18.9. The summed E-state index contributed by atoms with van der Waals surface area (Å²) in [6, 6.07) is 0. The summed E-state index contributed by atoms with van der Waals surface area (Å²) in [6.07, 6.45) is 3.36. The molecule has 0 heterocycles. The number of carbonyl (C=O) groups is 2. The van der Waals surface area contributed by atoms with Crippen molar-refractivity contribution in [3.63, 3.8) is 0 Å². The van der Waals surface area contributed by atoms with Crippen molar-refractivity contribution in [1.82, 2.24) is 10.0 Å². The van der Waals surface area contributed by atoms with Gasteiger partial charge in [-0.15, -0.1) is 0 Å². The van der Waals surface area contributed by atoms with Crippen molar-refractivity contribution in [3.8, 4) is 0 Å². The van der Waals surface area contributed by atoms with Gasteiger partial charge in [0, 0.05) is 12.5 Å². The Kier molecular flexibility index (Phi) is 9.15. The van der Waals surface area contributed by atoms with Gasteiger partial charge in [0.05, 0.1) is 5.75 Å². The number of amides is 1. The van der Waals surface area contributed by atoms with Crippen LogP contribution in [-0.4, -0.2) is 44.2 Å². The van der Waals surface area contributed by atoms with E-state index in [9.17, 15) is 18.0 Å². The lowest BCUT2D eigenvalue weighted by molar-refractivity contribution is -0.135. The molecule has 0 bridgehead atoms. The highest BCUT2D eigenvalue weighted by Gasteiger charge is 2.17. The average Bonchev–Trinajstić information content (AvgIpc) is 2.36. The molecule has 0 fully saturated rings. The molecule has 0 aromatic heterocycles. The summed E-state index contributed by atoms with van der Waals surface area (Å²) in [6.45, 7) is 3.33. The molecule has 0 unspecified atom stereocenters. The quantitative estimate of drug-likeness (QED) is 0.509. The maximum Gasteiger partial charge on any atom is 0.318 e. The molecule has 118 valence electrons. The summed E-state index contributed by atoms with van der Waals surface area (Å²) < 4.78 is 24.8. The third-order valence-corrected chi connectivity index (χ3v) is 4.08. The van der Waals surface area contributed by atoms with Gasteiger partial charge in [-0.2, -0.15) is 0 Å². The second-order valence-corrected chi connectivity index (χ2v) is 6.53. The number of hydrogen-bond donors (Lipinski definition) is 3. The number of sulfonamides is 1. The van der Waals surface area contributed by atoms with Gasteiger partial charge in [0.25, 0.3) is 0 Å². The van der Waals surface area contributed by atoms with Gasteiger partial charge in [0.1, 0.15) is 6.54 Å². The molecule has 0 aromatic carbocycles. The van der Waals surface area contributed by atoms with E-state index in [1.807, 2.05) is 18.6 Å². The lowest BCUT2D eigenvalue weighted by Crippen LogP contribution is -2.38. The number of nitrogens with one attached hydrogen (secondary N) is 2. The molecule has 1 amide bonds. The van der Waals surface area contributed by atoms with E-state index in [4.69, 9.17) is 5.11 Å². The molecule has 0 aliphatic carbocycles. The summed E-state index contributed by atoms with van der Waals surface area (Å²) >= 11 is 0. The smallest absolute Gasteiger partial charge is 0.318 e. The first-order valence-corrected chi connectivity index (χ1v) is 8.44. The zero-order valence-corrected chi connectivity index (χ0v) is 12.8. The molecule has 0 saturated heterocycles. The predicted octanol–water partition coefficient (Wildman–Crippen LogP) is 0.323. The fraction of sp³-hybridized carbons (Fsp3) is 0.833. The van der Waals surface area contributed by atoms with Crippen LogP contribution in [0.5, 0.6) is 0 Å². The van der Waals surface area contributed by atoms with Crippen molar-refractivity contribution in [2.24, 2.45) is 5.92 Å². The summed E-state index contributed by atoms with van der Waals surface area (Å²) in [7, 11) is -3.67. The van der Waals surface area contributed by atoms with Crippen molar-refractivity contribution in [1.29, 1.82) is 0 Å². The SMILES string of the molecule is CCCC(CCC)C(=O)NCCS(=O)(=O)NCC(=O)O. The van der Waals surface area contributed by atoms with Crippen molar-refractivity contribution >= 4 is 21.9 Å². The van der Waals surface area contributed by atoms with Crippen LogP contribution < -0.4 is 10.0 Å². The van der Waals surface area contributed by atoms with E-state index >= 15 is 0 Å². The zero-order valence-electron chi connectivity index (χ0n) is 12.0. The van der Waals surface area contributed by atoms with Crippen LogP contribution in [0.3, 0.4) is 0 Å². The highest BCUT2D eigenvalue weighted by Crippen LogP contribution is 2.13. The van der Waals surface area contributed by atoms with Gasteiger partial charge in [-0.25, -0.2) is 13.1 Å². The Balaban J connectivity index is 4.14. The Morgan fingerprint density at radius 3 is 2.15 bits per heavy atom. The maximum atomic E-state index is 11.9. The lowest BCUT2D eigenvalue weighted by Gasteiger charge is -2.15. The molecule has 0 radical (unpaired) electrons. The van der Waals surface area contributed by atoms with E-state index in [1.54, 1.807) is 0 Å². The average molecular weight is 308 g/mol. The predicted molar refractivity (Wildman–Crippen MR) is 75.7 cm³/mol. The zero-order chi connectivity index (χ0) is 15.6. The first-order chi connectivity index (χ1) is 9.32. The summed E-state index contributed by atoms with van der Waals surface area (Å²) in [4.78, 5) is 22.1. The van der Waals surface area contributed by atoms with Crippen LogP contribution in [0, 0.1) is 5.92 Å². The van der Waals surface area contributed by atoms with E-state index in [-0.39, 0.29) is 24.1 Å². The van der Waals surface area contributed by atoms with Gasteiger partial charge < -0.3 is 10.4 Å². The van der Waals surface area contributed by atoms with E-state index in [2.05, 4.69) is 5.32 Å². The minimum Gasteiger partial charge on any atom is -0.480 e. The Labute approximate surface area is 120 Å². The van der Waals surface area contributed by atoms with Crippen molar-refractivity contribution < 1.29 is 23.1 Å². The van der Waals surface area contributed by atoms with Crippen LogP contribution in [0.15, 0.2) is 0 Å². The van der Waals surface area contributed by atoms with Gasteiger partial charge in [-0.05, 0) is 12.8 Å². The lowest BCUT2D eigenvalue weighted by atomic mass is 9.97. The van der Waals surface area contributed by atoms with Gasteiger partial charge in [-0.3, -0.25) is 9.59 Å². The molecule has 0 rings (SSSR count). The monoisotopic (exact) mass is 308 g/mol. The highest BCUT2D eigenvalue weighted by molar-refractivity contribution is 7.89. The molecule has 7 nitrogen and oxygen atoms in total. The van der Waals surface area contributed by atoms with Crippen LogP contribution in [0.1, 0.15) is 39.5 Å². The van der Waals surface area contributed by atoms with Crippen LogP contribution in [0.2, 0.25) is 0 Å². The summed E-state index contributed by atoms with van der Waals surface area (Å²) in [5.74, 6) is -1.79. The Bertz CT molecular complexity index is 402. The standard InChI is InChI=1S/C12H24N2O5S/c1-3-5-10(6-4-2)12(17)13-7-8-20(18,19)14-9-11(15)16/h10,14H,3-9H2,1-2H3,(H,13,17)(H,15,16). The molecule has 0 aromatic rings. The number of carboxylic acid groups (broad SMARTS) is 1. The Hall–Kier alpha value is -1.15. The highest BCUT2D eigenvalue weighted by atomic mass is 32.2. The molecule has 3 N–H and O–H groups in total. The van der Waals surface area contributed by atoms with E-state index in [0.717, 1.165) is 25.7 Å². The molecule has 0 aliphatic heterocycles. The maximum absolute atomic E-state index is 11.9. The van der Waals surface area contributed by atoms with Crippen LogP contribution >= 0.6 is 0 Å². The van der Waals surface area contributed by atoms with Crippen LogP contribution in [0.4, 0.5) is 0 Å². The molecule has 0 spiro atoms. The summed E-state index contributed by atoms with van der Waals surface area (Å²) in [5.41, 5.74) is 0. The second kappa shape index (κ2) is 9.71.